The van der Waals surface area contributed by atoms with Crippen LogP contribution in [0.15, 0.2) is 59.7 Å². The van der Waals surface area contributed by atoms with E-state index in [1.807, 2.05) is 54.9 Å². The molecule has 0 fully saturated rings. The molecule has 0 unspecified atom stereocenters. The summed E-state index contributed by atoms with van der Waals surface area (Å²) in [5.74, 6) is -0.272. The molecule has 0 spiro atoms. The van der Waals surface area contributed by atoms with Crippen molar-refractivity contribution in [3.63, 3.8) is 0 Å². The van der Waals surface area contributed by atoms with E-state index in [-0.39, 0.29) is 5.91 Å². The highest BCUT2D eigenvalue weighted by Gasteiger charge is 2.06. The van der Waals surface area contributed by atoms with Crippen LogP contribution < -0.4 is 5.43 Å². The molecule has 132 valence electrons. The number of hydrazone groups is 1. The van der Waals surface area contributed by atoms with E-state index in [2.05, 4.69) is 15.6 Å². The molecule has 26 heavy (non-hydrogen) atoms. The van der Waals surface area contributed by atoms with Gasteiger partial charge in [-0.05, 0) is 43.7 Å². The van der Waals surface area contributed by atoms with Crippen molar-refractivity contribution in [2.24, 2.45) is 5.10 Å². The molecule has 3 aromatic rings. The van der Waals surface area contributed by atoms with Crippen molar-refractivity contribution in [3.8, 4) is 0 Å². The number of carbonyl (C=O) groups excluding carboxylic acids is 1. The molecule has 0 atom stereocenters. The summed E-state index contributed by atoms with van der Waals surface area (Å²) in [6, 6.07) is 16.7. The second-order valence-electron chi connectivity index (χ2n) is 6.00. The number of nitrogens with zero attached hydrogens (tertiary/aromatic N) is 3. The van der Waals surface area contributed by atoms with E-state index < -0.39 is 0 Å². The minimum Gasteiger partial charge on any atom is -0.267 e. The van der Waals surface area contributed by atoms with Gasteiger partial charge in [0.15, 0.2) is 0 Å². The molecule has 0 aliphatic rings. The van der Waals surface area contributed by atoms with Crippen molar-refractivity contribution in [2.75, 3.05) is 0 Å². The van der Waals surface area contributed by atoms with Crippen LogP contribution in [0.25, 0.3) is 0 Å². The van der Waals surface area contributed by atoms with Crippen molar-refractivity contribution in [1.29, 1.82) is 0 Å². The zero-order chi connectivity index (χ0) is 18.5. The summed E-state index contributed by atoms with van der Waals surface area (Å²) in [4.78, 5) is 12.2. The lowest BCUT2D eigenvalue weighted by Gasteiger charge is -2.06. The van der Waals surface area contributed by atoms with Gasteiger partial charge in [0.05, 0.1) is 18.5 Å². The molecule has 0 aliphatic carbocycles. The number of carbonyl (C=O) groups is 1. The van der Waals surface area contributed by atoms with Crippen molar-refractivity contribution in [2.45, 2.75) is 20.4 Å². The first-order valence-electron chi connectivity index (χ1n) is 8.21. The molecule has 0 saturated carbocycles. The number of benzene rings is 2. The summed E-state index contributed by atoms with van der Waals surface area (Å²) in [6.45, 7) is 4.67. The number of amides is 1. The van der Waals surface area contributed by atoms with E-state index in [0.717, 1.165) is 22.5 Å². The van der Waals surface area contributed by atoms with Gasteiger partial charge in [-0.15, -0.1) is 0 Å². The number of halogens is 1. The van der Waals surface area contributed by atoms with E-state index in [1.54, 1.807) is 18.2 Å². The molecule has 1 aromatic heterocycles. The Kier molecular flexibility index (Phi) is 5.49. The monoisotopic (exact) mass is 366 g/mol. The quantitative estimate of drug-likeness (QED) is 0.548. The lowest BCUT2D eigenvalue weighted by atomic mass is 10.1. The minimum absolute atomic E-state index is 0.272. The van der Waals surface area contributed by atoms with Gasteiger partial charge >= 0.3 is 0 Å². The SMILES string of the molecule is Cc1cc(C)n(Cc2ccc(C(=O)N/N=C\c3ccccc3Cl)cc2)n1. The summed E-state index contributed by atoms with van der Waals surface area (Å²) in [5.41, 5.74) is 6.98. The molecule has 0 saturated heterocycles. The molecular weight excluding hydrogens is 348 g/mol. The Labute approximate surface area is 157 Å². The molecule has 0 radical (unpaired) electrons. The maximum Gasteiger partial charge on any atom is 0.271 e. The number of hydrogen-bond acceptors (Lipinski definition) is 3. The second-order valence-corrected chi connectivity index (χ2v) is 6.41. The van der Waals surface area contributed by atoms with Crippen LogP contribution in [0.2, 0.25) is 5.02 Å². The Hall–Kier alpha value is -2.92. The summed E-state index contributed by atoms with van der Waals surface area (Å²) in [7, 11) is 0. The van der Waals surface area contributed by atoms with Crippen LogP contribution in [0.5, 0.6) is 0 Å². The highest BCUT2D eigenvalue weighted by Crippen LogP contribution is 2.12. The van der Waals surface area contributed by atoms with Gasteiger partial charge < -0.3 is 0 Å². The second kappa shape index (κ2) is 7.97. The number of hydrogen-bond donors (Lipinski definition) is 1. The van der Waals surface area contributed by atoms with Gasteiger partial charge in [0.25, 0.3) is 5.91 Å². The Bertz CT molecular complexity index is 945. The van der Waals surface area contributed by atoms with Gasteiger partial charge in [-0.3, -0.25) is 9.48 Å². The molecule has 5 nitrogen and oxygen atoms in total. The zero-order valence-corrected chi connectivity index (χ0v) is 15.4. The number of aromatic nitrogens is 2. The molecule has 1 heterocycles. The molecule has 0 bridgehead atoms. The van der Waals surface area contributed by atoms with Crippen molar-refractivity contribution in [1.82, 2.24) is 15.2 Å². The maximum atomic E-state index is 12.2. The van der Waals surface area contributed by atoms with E-state index in [4.69, 9.17) is 11.6 Å². The van der Waals surface area contributed by atoms with Gasteiger partial charge in [0, 0.05) is 21.8 Å². The van der Waals surface area contributed by atoms with Crippen molar-refractivity contribution >= 4 is 23.7 Å². The van der Waals surface area contributed by atoms with Gasteiger partial charge in [0.1, 0.15) is 0 Å². The third-order valence-corrected chi connectivity index (χ3v) is 4.27. The molecule has 6 heteroatoms. The Balaban J connectivity index is 1.62. The molecule has 1 amide bonds. The van der Waals surface area contributed by atoms with Gasteiger partial charge in [-0.1, -0.05) is 41.9 Å². The van der Waals surface area contributed by atoms with E-state index in [9.17, 15) is 4.79 Å². The predicted octanol–water partition coefficient (Wildman–Crippen LogP) is 3.97. The fourth-order valence-electron chi connectivity index (χ4n) is 2.57. The first-order chi connectivity index (χ1) is 12.5. The standard InChI is InChI=1S/C20H19ClN4O/c1-14-11-15(2)25(24-14)13-16-7-9-17(10-8-16)20(26)23-22-12-18-5-3-4-6-19(18)21/h3-12H,13H2,1-2H3,(H,23,26)/b22-12-. The van der Waals surface area contributed by atoms with Crippen LogP contribution >= 0.6 is 11.6 Å². The smallest absolute Gasteiger partial charge is 0.267 e. The highest BCUT2D eigenvalue weighted by atomic mass is 35.5. The maximum absolute atomic E-state index is 12.2. The first-order valence-corrected chi connectivity index (χ1v) is 8.58. The molecule has 0 aliphatic heterocycles. The molecule has 1 N–H and O–H groups in total. The van der Waals surface area contributed by atoms with Crippen molar-refractivity contribution in [3.05, 3.63) is 87.7 Å². The van der Waals surface area contributed by atoms with Crippen LogP contribution in [0, 0.1) is 13.8 Å². The van der Waals surface area contributed by atoms with Gasteiger partial charge in [-0.25, -0.2) is 5.43 Å². The molecular formula is C20H19ClN4O. The van der Waals surface area contributed by atoms with Gasteiger partial charge in [-0.2, -0.15) is 10.2 Å². The van der Waals surface area contributed by atoms with Crippen LogP contribution in [-0.4, -0.2) is 21.9 Å². The molecule has 3 rings (SSSR count). The number of nitrogens with one attached hydrogen (secondary N) is 1. The van der Waals surface area contributed by atoms with Crippen LogP contribution in [0.3, 0.4) is 0 Å². The normalized spacial score (nSPS) is 11.0. The fraction of sp³-hybridized carbons (Fsp3) is 0.150. The van der Waals surface area contributed by atoms with E-state index in [1.165, 1.54) is 6.21 Å². The summed E-state index contributed by atoms with van der Waals surface area (Å²) < 4.78 is 1.94. The van der Waals surface area contributed by atoms with Crippen molar-refractivity contribution < 1.29 is 4.79 Å². The lowest BCUT2D eigenvalue weighted by Crippen LogP contribution is -2.17. The highest BCUT2D eigenvalue weighted by molar-refractivity contribution is 6.33. The summed E-state index contributed by atoms with van der Waals surface area (Å²) in [6.07, 6.45) is 1.53. The Morgan fingerprint density at radius 1 is 1.19 bits per heavy atom. The number of aryl methyl sites for hydroxylation is 2. The van der Waals surface area contributed by atoms with Crippen LogP contribution in [-0.2, 0) is 6.54 Å². The summed E-state index contributed by atoms with van der Waals surface area (Å²) >= 11 is 6.04. The topological polar surface area (TPSA) is 59.3 Å². The summed E-state index contributed by atoms with van der Waals surface area (Å²) in [5, 5.41) is 8.99. The zero-order valence-electron chi connectivity index (χ0n) is 14.6. The third kappa shape index (κ3) is 4.37. The molecule has 2 aromatic carbocycles. The predicted molar refractivity (Wildman–Crippen MR) is 104 cm³/mol. The average Bonchev–Trinajstić information content (AvgIpc) is 2.94. The largest absolute Gasteiger partial charge is 0.271 e. The van der Waals surface area contributed by atoms with E-state index in [0.29, 0.717) is 17.1 Å². The Morgan fingerprint density at radius 3 is 2.58 bits per heavy atom. The van der Waals surface area contributed by atoms with Crippen LogP contribution in [0.1, 0.15) is 32.9 Å². The average molecular weight is 367 g/mol. The van der Waals surface area contributed by atoms with E-state index >= 15 is 0 Å². The van der Waals surface area contributed by atoms with Crippen LogP contribution in [0.4, 0.5) is 0 Å². The fourth-order valence-corrected chi connectivity index (χ4v) is 2.76. The van der Waals surface area contributed by atoms with Gasteiger partial charge in [0.2, 0.25) is 0 Å². The minimum atomic E-state index is -0.272. The third-order valence-electron chi connectivity index (χ3n) is 3.93. The first kappa shape index (κ1) is 17.9. The Morgan fingerprint density at radius 2 is 1.92 bits per heavy atom. The number of rotatable bonds is 5. The lowest BCUT2D eigenvalue weighted by molar-refractivity contribution is 0.0955.